The van der Waals surface area contributed by atoms with Gasteiger partial charge in [0.05, 0.1) is 4.90 Å². The van der Waals surface area contributed by atoms with Gasteiger partial charge in [0.25, 0.3) is 10.1 Å². The highest BCUT2D eigenvalue weighted by atomic mass is 32.2. The lowest BCUT2D eigenvalue weighted by Gasteiger charge is -2.14. The molecule has 0 aliphatic carbocycles. The molecule has 3 aromatic rings. The van der Waals surface area contributed by atoms with E-state index in [2.05, 4.69) is 5.32 Å². The van der Waals surface area contributed by atoms with Crippen molar-refractivity contribution in [3.8, 4) is 0 Å². The van der Waals surface area contributed by atoms with Crippen molar-refractivity contribution in [3.63, 3.8) is 0 Å². The third-order valence-electron chi connectivity index (χ3n) is 4.29. The fraction of sp³-hybridized carbons (Fsp3) is 0.174. The Morgan fingerprint density at radius 1 is 0.867 bits per heavy atom. The Bertz CT molecular complexity index is 1020. The number of carboxylic acids is 1. The van der Waals surface area contributed by atoms with Crippen LogP contribution in [-0.2, 0) is 27.9 Å². The highest BCUT2D eigenvalue weighted by Gasteiger charge is 2.16. The lowest BCUT2D eigenvalue weighted by Crippen LogP contribution is -2.38. The molecule has 0 aliphatic heterocycles. The average molecular weight is 428 g/mol. The number of nitrogens with one attached hydrogen (secondary N) is 1. The van der Waals surface area contributed by atoms with Crippen LogP contribution in [0.1, 0.15) is 16.7 Å². The molecule has 0 unspecified atom stereocenters. The zero-order valence-electron chi connectivity index (χ0n) is 16.6. The van der Waals surface area contributed by atoms with Crippen LogP contribution in [0, 0.1) is 6.92 Å². The molecule has 30 heavy (non-hydrogen) atoms. The number of benzene rings is 3. The maximum atomic E-state index is 11.3. The molecule has 0 fully saturated rings. The van der Waals surface area contributed by atoms with Gasteiger partial charge in [0, 0.05) is 6.54 Å². The Balaban J connectivity index is 0.000000248. The average Bonchev–Trinajstić information content (AvgIpc) is 2.72. The largest absolute Gasteiger partial charge is 0.480 e. The van der Waals surface area contributed by atoms with Crippen molar-refractivity contribution in [2.45, 2.75) is 30.8 Å². The lowest BCUT2D eigenvalue weighted by molar-refractivity contribution is -0.139. The van der Waals surface area contributed by atoms with Gasteiger partial charge in [0.15, 0.2) is 0 Å². The predicted octanol–water partition coefficient (Wildman–Crippen LogP) is 3.71. The number of carbonyl (C=O) groups is 1. The highest BCUT2D eigenvalue weighted by Crippen LogP contribution is 2.08. The van der Waals surface area contributed by atoms with E-state index < -0.39 is 22.1 Å². The molecule has 3 N–H and O–H groups in total. The summed E-state index contributed by atoms with van der Waals surface area (Å²) in [5, 5.41) is 12.3. The fourth-order valence-electron chi connectivity index (χ4n) is 2.64. The summed E-state index contributed by atoms with van der Waals surface area (Å²) in [7, 11) is -4.02. The first kappa shape index (κ1) is 23.3. The molecule has 7 heteroatoms. The Morgan fingerprint density at radius 3 is 1.83 bits per heavy atom. The molecule has 0 bridgehead atoms. The standard InChI is InChI=1S/C16H17NO2.C7H8O3S/c18-16(19)15(11-13-7-3-1-4-8-13)17-12-14-9-5-2-6-10-14;1-6-2-4-7(5-3-6)11(8,9)10/h1-10,15,17H,11-12H2,(H,18,19);2-5H,1H3,(H,8,9,10)/t15-;/m0./s1. The van der Waals surface area contributed by atoms with Crippen LogP contribution in [0.3, 0.4) is 0 Å². The van der Waals surface area contributed by atoms with E-state index >= 15 is 0 Å². The van der Waals surface area contributed by atoms with Gasteiger partial charge in [-0.1, -0.05) is 78.4 Å². The topological polar surface area (TPSA) is 104 Å². The van der Waals surface area contributed by atoms with Crippen molar-refractivity contribution in [2.24, 2.45) is 0 Å². The Labute approximate surface area is 177 Å². The summed E-state index contributed by atoms with van der Waals surface area (Å²) in [4.78, 5) is 11.2. The minimum Gasteiger partial charge on any atom is -0.480 e. The van der Waals surface area contributed by atoms with Crippen LogP contribution >= 0.6 is 0 Å². The summed E-state index contributed by atoms with van der Waals surface area (Å²) in [5.41, 5.74) is 3.06. The molecule has 3 aromatic carbocycles. The Kier molecular flexibility index (Phi) is 8.73. The van der Waals surface area contributed by atoms with Crippen LogP contribution in [0.15, 0.2) is 89.8 Å². The van der Waals surface area contributed by atoms with Crippen LogP contribution < -0.4 is 5.32 Å². The van der Waals surface area contributed by atoms with Crippen LogP contribution in [0.5, 0.6) is 0 Å². The zero-order valence-corrected chi connectivity index (χ0v) is 17.4. The molecule has 0 amide bonds. The number of hydrogen-bond donors (Lipinski definition) is 3. The number of hydrogen-bond acceptors (Lipinski definition) is 4. The number of aryl methyl sites for hydroxylation is 1. The predicted molar refractivity (Wildman–Crippen MR) is 116 cm³/mol. The van der Waals surface area contributed by atoms with E-state index in [1.165, 1.54) is 12.1 Å². The van der Waals surface area contributed by atoms with Crippen molar-refractivity contribution in [1.29, 1.82) is 0 Å². The summed E-state index contributed by atoms with van der Waals surface area (Å²) in [5.74, 6) is -0.820. The minimum atomic E-state index is -4.02. The molecule has 6 nitrogen and oxygen atoms in total. The van der Waals surface area contributed by atoms with Gasteiger partial charge in [0.2, 0.25) is 0 Å². The highest BCUT2D eigenvalue weighted by molar-refractivity contribution is 7.85. The second-order valence-electron chi connectivity index (χ2n) is 6.74. The smallest absolute Gasteiger partial charge is 0.321 e. The molecule has 158 valence electrons. The van der Waals surface area contributed by atoms with E-state index in [0.29, 0.717) is 13.0 Å². The molecule has 0 spiro atoms. The molecule has 0 aliphatic rings. The Hall–Kier alpha value is -3.00. The molecular formula is C23H25NO5S. The summed E-state index contributed by atoms with van der Waals surface area (Å²) >= 11 is 0. The first-order chi connectivity index (χ1) is 14.3. The summed E-state index contributed by atoms with van der Waals surface area (Å²) in [6, 6.07) is 24.9. The van der Waals surface area contributed by atoms with E-state index in [1.807, 2.05) is 67.6 Å². The number of rotatable bonds is 7. The summed E-state index contributed by atoms with van der Waals surface area (Å²) < 4.78 is 29.6. The number of aliphatic carboxylic acids is 1. The van der Waals surface area contributed by atoms with E-state index in [1.54, 1.807) is 12.1 Å². The number of carboxylic acid groups (broad SMARTS) is 1. The van der Waals surface area contributed by atoms with Crippen molar-refractivity contribution in [1.82, 2.24) is 5.32 Å². The van der Waals surface area contributed by atoms with Crippen molar-refractivity contribution >= 4 is 16.1 Å². The first-order valence-electron chi connectivity index (χ1n) is 9.34. The maximum Gasteiger partial charge on any atom is 0.321 e. The lowest BCUT2D eigenvalue weighted by atomic mass is 10.1. The second kappa shape index (κ2) is 11.3. The van der Waals surface area contributed by atoms with Crippen molar-refractivity contribution in [2.75, 3.05) is 0 Å². The molecule has 0 aromatic heterocycles. The molecule has 0 heterocycles. The van der Waals surface area contributed by atoms with Gasteiger partial charge < -0.3 is 10.4 Å². The van der Waals surface area contributed by atoms with Gasteiger partial charge in [-0.2, -0.15) is 8.42 Å². The third-order valence-corrected chi connectivity index (χ3v) is 5.16. The van der Waals surface area contributed by atoms with Crippen LogP contribution in [0.25, 0.3) is 0 Å². The van der Waals surface area contributed by atoms with Crippen molar-refractivity contribution < 1.29 is 22.9 Å². The van der Waals surface area contributed by atoms with Crippen LogP contribution in [0.4, 0.5) is 0 Å². The summed E-state index contributed by atoms with van der Waals surface area (Å²) in [6.07, 6.45) is 0.489. The molecule has 1 atom stereocenters. The van der Waals surface area contributed by atoms with Gasteiger partial charge in [-0.3, -0.25) is 9.35 Å². The van der Waals surface area contributed by atoms with Crippen molar-refractivity contribution in [3.05, 3.63) is 102 Å². The monoisotopic (exact) mass is 427 g/mol. The fourth-order valence-corrected chi connectivity index (χ4v) is 3.12. The van der Waals surface area contributed by atoms with E-state index in [-0.39, 0.29) is 4.90 Å². The first-order valence-corrected chi connectivity index (χ1v) is 10.8. The SMILES string of the molecule is Cc1ccc(S(=O)(=O)O)cc1.O=C(O)[C@H](Cc1ccccc1)NCc1ccccc1. The van der Waals surface area contributed by atoms with Gasteiger partial charge >= 0.3 is 5.97 Å². The normalized spacial score (nSPS) is 11.8. The van der Waals surface area contributed by atoms with Gasteiger partial charge in [-0.15, -0.1) is 0 Å². The van der Waals surface area contributed by atoms with E-state index in [4.69, 9.17) is 4.55 Å². The van der Waals surface area contributed by atoms with Crippen LogP contribution in [-0.4, -0.2) is 30.1 Å². The van der Waals surface area contributed by atoms with Crippen LogP contribution in [0.2, 0.25) is 0 Å². The molecule has 3 rings (SSSR count). The van der Waals surface area contributed by atoms with Gasteiger partial charge in [-0.05, 0) is 36.6 Å². The quantitative estimate of drug-likeness (QED) is 0.497. The minimum absolute atomic E-state index is 0.0666. The second-order valence-corrected chi connectivity index (χ2v) is 8.16. The zero-order chi connectivity index (χ0) is 22.0. The van der Waals surface area contributed by atoms with E-state index in [9.17, 15) is 18.3 Å². The molecular weight excluding hydrogens is 402 g/mol. The molecule has 0 saturated heterocycles. The summed E-state index contributed by atoms with van der Waals surface area (Å²) in [6.45, 7) is 2.40. The Morgan fingerprint density at radius 2 is 1.37 bits per heavy atom. The maximum absolute atomic E-state index is 11.3. The van der Waals surface area contributed by atoms with Gasteiger partial charge in [-0.25, -0.2) is 0 Å². The van der Waals surface area contributed by atoms with Gasteiger partial charge in [0.1, 0.15) is 6.04 Å². The third kappa shape index (κ3) is 8.16. The molecule has 0 saturated carbocycles. The van der Waals surface area contributed by atoms with E-state index in [0.717, 1.165) is 16.7 Å². The molecule has 0 radical (unpaired) electrons.